The molecule has 1 atom stereocenters. The standard InChI is InChI=1S/C20H21F6N5O2/c21-19(22,23)13-5-4-10-30(11-13)18(33)28-9-8-27-17(32)15-12-31(14-6-2-1-3-7-14)29-16(15)20(24,25)26/h1-3,6-7,12-13H,4-5,8-11H2,(H,27,32)(H,28,33). The fourth-order valence-electron chi connectivity index (χ4n) is 3.44. The first-order chi connectivity index (χ1) is 15.5. The van der Waals surface area contributed by atoms with Crippen LogP contribution in [0.4, 0.5) is 31.1 Å². The lowest BCUT2D eigenvalue weighted by Crippen LogP contribution is -2.49. The van der Waals surface area contributed by atoms with Gasteiger partial charge < -0.3 is 15.5 Å². The zero-order chi connectivity index (χ0) is 24.2. The van der Waals surface area contributed by atoms with E-state index in [9.17, 15) is 35.9 Å². The molecule has 0 spiro atoms. The summed E-state index contributed by atoms with van der Waals surface area (Å²) in [7, 11) is 0. The van der Waals surface area contributed by atoms with Crippen molar-refractivity contribution in [2.75, 3.05) is 26.2 Å². The van der Waals surface area contributed by atoms with Crippen LogP contribution in [0.3, 0.4) is 0 Å². The van der Waals surface area contributed by atoms with Gasteiger partial charge in [0, 0.05) is 32.4 Å². The molecule has 1 fully saturated rings. The number of alkyl halides is 6. The molecule has 2 N–H and O–H groups in total. The molecule has 1 aromatic heterocycles. The van der Waals surface area contributed by atoms with E-state index in [0.717, 1.165) is 15.8 Å². The van der Waals surface area contributed by atoms with E-state index < -0.39 is 48.0 Å². The summed E-state index contributed by atoms with van der Waals surface area (Å²) in [6.45, 7) is -0.700. The molecule has 1 aliphatic rings. The minimum absolute atomic E-state index is 0.0540. The van der Waals surface area contributed by atoms with Gasteiger partial charge in [-0.05, 0) is 25.0 Å². The molecule has 1 saturated heterocycles. The molecule has 0 radical (unpaired) electrons. The zero-order valence-electron chi connectivity index (χ0n) is 17.2. The van der Waals surface area contributed by atoms with Crippen LogP contribution in [-0.2, 0) is 6.18 Å². The van der Waals surface area contributed by atoms with Crippen LogP contribution in [0.25, 0.3) is 5.69 Å². The summed E-state index contributed by atoms with van der Waals surface area (Å²) < 4.78 is 79.6. The summed E-state index contributed by atoms with van der Waals surface area (Å²) in [6, 6.07) is 7.19. The first kappa shape index (κ1) is 24.4. The number of carbonyl (C=O) groups excluding carboxylic acids is 2. The van der Waals surface area contributed by atoms with Gasteiger partial charge in [-0.2, -0.15) is 31.4 Å². The van der Waals surface area contributed by atoms with Gasteiger partial charge in [-0.25, -0.2) is 9.48 Å². The summed E-state index contributed by atoms with van der Waals surface area (Å²) in [5.74, 6) is -2.65. The Bertz CT molecular complexity index is 974. The zero-order valence-corrected chi connectivity index (χ0v) is 17.2. The number of hydrogen-bond donors (Lipinski definition) is 2. The lowest BCUT2D eigenvalue weighted by atomic mass is 9.98. The van der Waals surface area contributed by atoms with Crippen LogP contribution in [0, 0.1) is 5.92 Å². The lowest BCUT2D eigenvalue weighted by Gasteiger charge is -2.33. The van der Waals surface area contributed by atoms with Gasteiger partial charge in [0.05, 0.1) is 17.2 Å². The van der Waals surface area contributed by atoms with Crippen molar-refractivity contribution in [3.8, 4) is 5.69 Å². The lowest BCUT2D eigenvalue weighted by molar-refractivity contribution is -0.184. The summed E-state index contributed by atoms with van der Waals surface area (Å²) in [4.78, 5) is 25.5. The number of nitrogens with zero attached hydrogens (tertiary/aromatic N) is 3. The van der Waals surface area contributed by atoms with E-state index >= 15 is 0 Å². The van der Waals surface area contributed by atoms with Crippen molar-refractivity contribution in [3.63, 3.8) is 0 Å². The Kier molecular flexibility index (Phi) is 7.18. The van der Waals surface area contributed by atoms with Crippen molar-refractivity contribution in [3.05, 3.63) is 47.8 Å². The minimum atomic E-state index is -4.87. The second-order valence-electron chi connectivity index (χ2n) is 7.48. The quantitative estimate of drug-likeness (QED) is 0.510. The van der Waals surface area contributed by atoms with Crippen molar-refractivity contribution in [2.24, 2.45) is 5.92 Å². The van der Waals surface area contributed by atoms with Gasteiger partial charge in [-0.15, -0.1) is 0 Å². The number of piperidine rings is 1. The highest BCUT2D eigenvalue weighted by Crippen LogP contribution is 2.33. The number of halogens is 6. The van der Waals surface area contributed by atoms with E-state index in [1.54, 1.807) is 18.2 Å². The topological polar surface area (TPSA) is 79.3 Å². The maximum Gasteiger partial charge on any atom is 0.435 e. The summed E-state index contributed by atoms with van der Waals surface area (Å²) in [6.07, 6.45) is -8.16. The maximum atomic E-state index is 13.4. The number of nitrogens with one attached hydrogen (secondary N) is 2. The number of aromatic nitrogens is 2. The molecule has 0 saturated carbocycles. The van der Waals surface area contributed by atoms with Crippen molar-refractivity contribution < 1.29 is 35.9 Å². The Hall–Kier alpha value is -3.25. The molecule has 33 heavy (non-hydrogen) atoms. The van der Waals surface area contributed by atoms with Crippen molar-refractivity contribution >= 4 is 11.9 Å². The largest absolute Gasteiger partial charge is 0.435 e. The number of likely N-dealkylation sites (tertiary alicyclic amines) is 1. The third kappa shape index (κ3) is 6.17. The number of carbonyl (C=O) groups is 2. The van der Waals surface area contributed by atoms with E-state index in [4.69, 9.17) is 0 Å². The van der Waals surface area contributed by atoms with E-state index in [0.29, 0.717) is 5.69 Å². The molecule has 2 heterocycles. The summed E-state index contributed by atoms with van der Waals surface area (Å²) in [5, 5.41) is 8.11. The number of urea groups is 1. The molecule has 0 bridgehead atoms. The maximum absolute atomic E-state index is 13.4. The highest BCUT2D eigenvalue weighted by molar-refractivity contribution is 5.95. The van der Waals surface area contributed by atoms with Gasteiger partial charge in [0.1, 0.15) is 0 Å². The van der Waals surface area contributed by atoms with Gasteiger partial charge in [-0.1, -0.05) is 18.2 Å². The predicted octanol–water partition coefficient (Wildman–Crippen LogP) is 3.60. The Balaban J connectivity index is 1.56. The Labute approximate surface area is 184 Å². The Morgan fingerprint density at radius 2 is 1.70 bits per heavy atom. The molecule has 2 aromatic rings. The van der Waals surface area contributed by atoms with E-state index in [-0.39, 0.29) is 32.5 Å². The molecule has 180 valence electrons. The molecule has 1 aliphatic heterocycles. The first-order valence-corrected chi connectivity index (χ1v) is 10.1. The van der Waals surface area contributed by atoms with E-state index in [2.05, 4.69) is 15.7 Å². The first-order valence-electron chi connectivity index (χ1n) is 10.1. The number of hydrogen-bond acceptors (Lipinski definition) is 3. The average molecular weight is 477 g/mol. The SMILES string of the molecule is O=C(NCCNC(=O)N1CCCC(C(F)(F)F)C1)c1cn(-c2ccccc2)nc1C(F)(F)F. The second-order valence-corrected chi connectivity index (χ2v) is 7.48. The van der Waals surface area contributed by atoms with Crippen LogP contribution in [0.15, 0.2) is 36.5 Å². The number of para-hydroxylation sites is 1. The molecule has 0 aliphatic carbocycles. The molecule has 7 nitrogen and oxygen atoms in total. The van der Waals surface area contributed by atoms with Crippen LogP contribution in [0.2, 0.25) is 0 Å². The third-order valence-corrected chi connectivity index (χ3v) is 5.11. The normalized spacial score (nSPS) is 17.0. The molecular weight excluding hydrogens is 456 g/mol. The second kappa shape index (κ2) is 9.71. The van der Waals surface area contributed by atoms with Crippen molar-refractivity contribution in [1.29, 1.82) is 0 Å². The highest BCUT2D eigenvalue weighted by atomic mass is 19.4. The fourth-order valence-corrected chi connectivity index (χ4v) is 3.44. The fraction of sp³-hybridized carbons (Fsp3) is 0.450. The van der Waals surface area contributed by atoms with Gasteiger partial charge in [-0.3, -0.25) is 4.79 Å². The van der Waals surface area contributed by atoms with Crippen LogP contribution < -0.4 is 10.6 Å². The monoisotopic (exact) mass is 477 g/mol. The number of rotatable bonds is 5. The predicted molar refractivity (Wildman–Crippen MR) is 105 cm³/mol. The van der Waals surface area contributed by atoms with Crippen molar-refractivity contribution in [1.82, 2.24) is 25.3 Å². The molecular formula is C20H21F6N5O2. The number of benzene rings is 1. The summed E-state index contributed by atoms with van der Waals surface area (Å²) in [5.41, 5.74) is -1.73. The highest BCUT2D eigenvalue weighted by Gasteiger charge is 2.43. The average Bonchev–Trinajstić information content (AvgIpc) is 3.23. The smallest absolute Gasteiger partial charge is 0.350 e. The summed E-state index contributed by atoms with van der Waals surface area (Å²) >= 11 is 0. The van der Waals surface area contributed by atoms with Crippen LogP contribution in [0.5, 0.6) is 0 Å². The van der Waals surface area contributed by atoms with Crippen molar-refractivity contribution in [2.45, 2.75) is 25.2 Å². The van der Waals surface area contributed by atoms with Crippen LogP contribution >= 0.6 is 0 Å². The number of amides is 3. The third-order valence-electron chi connectivity index (χ3n) is 5.11. The Morgan fingerprint density at radius 1 is 1.03 bits per heavy atom. The van der Waals surface area contributed by atoms with Crippen LogP contribution in [0.1, 0.15) is 28.9 Å². The Morgan fingerprint density at radius 3 is 2.33 bits per heavy atom. The van der Waals surface area contributed by atoms with Gasteiger partial charge >= 0.3 is 18.4 Å². The van der Waals surface area contributed by atoms with Gasteiger partial charge in [0.2, 0.25) is 0 Å². The van der Waals surface area contributed by atoms with Gasteiger partial charge in [0.15, 0.2) is 5.69 Å². The van der Waals surface area contributed by atoms with Gasteiger partial charge in [0.25, 0.3) is 5.91 Å². The molecule has 3 amide bonds. The van der Waals surface area contributed by atoms with Crippen LogP contribution in [-0.4, -0.2) is 59.0 Å². The molecule has 13 heteroatoms. The minimum Gasteiger partial charge on any atom is -0.350 e. The van der Waals surface area contributed by atoms with E-state index in [1.807, 2.05) is 0 Å². The molecule has 3 rings (SSSR count). The van der Waals surface area contributed by atoms with E-state index in [1.165, 1.54) is 12.1 Å². The molecule has 1 unspecified atom stereocenters. The molecule has 1 aromatic carbocycles.